The molecule has 90 valence electrons. The summed E-state index contributed by atoms with van der Waals surface area (Å²) >= 11 is 0. The van der Waals surface area contributed by atoms with Crippen LogP contribution in [0.2, 0.25) is 0 Å². The molecule has 3 aromatic rings. The number of aromatic nitrogens is 2. The second-order valence-corrected chi connectivity index (χ2v) is 3.89. The van der Waals surface area contributed by atoms with E-state index in [4.69, 9.17) is 9.52 Å². The highest BCUT2D eigenvalue weighted by molar-refractivity contribution is 5.91. The molecule has 0 aliphatic carbocycles. The van der Waals surface area contributed by atoms with Crippen molar-refractivity contribution < 1.29 is 9.52 Å². The topological polar surface area (TPSA) is 79.1 Å². The molecule has 3 rings (SSSR count). The smallest absolute Gasteiger partial charge is 0.256 e. The largest absolute Gasteiger partial charge is 0.464 e. The number of nitrogens with one attached hydrogen (secondary N) is 1. The first-order chi connectivity index (χ1) is 8.79. The van der Waals surface area contributed by atoms with Gasteiger partial charge in [-0.2, -0.15) is 0 Å². The number of aliphatic hydroxyl groups excluding tert-OH is 1. The second-order valence-electron chi connectivity index (χ2n) is 3.89. The lowest BCUT2D eigenvalue weighted by Gasteiger charge is -1.99. The standard InChI is InChI=1S/C13H10N2O3/c16-6-8-5-14-12(15-13(8)17)10-7-18-11-4-2-1-3-9(10)11/h1-5,7,16H,6H2,(H,14,15,17). The summed E-state index contributed by atoms with van der Waals surface area (Å²) in [6.07, 6.45) is 2.93. The fourth-order valence-corrected chi connectivity index (χ4v) is 1.83. The number of aliphatic hydroxyl groups is 1. The Bertz CT molecular complexity index is 758. The van der Waals surface area contributed by atoms with Gasteiger partial charge in [0, 0.05) is 11.6 Å². The number of H-pyrrole nitrogens is 1. The van der Waals surface area contributed by atoms with Crippen LogP contribution in [0, 0.1) is 0 Å². The fraction of sp³-hybridized carbons (Fsp3) is 0.0769. The summed E-state index contributed by atoms with van der Waals surface area (Å²) in [5, 5.41) is 9.82. The zero-order chi connectivity index (χ0) is 12.5. The maximum absolute atomic E-state index is 11.6. The summed E-state index contributed by atoms with van der Waals surface area (Å²) in [5.74, 6) is 0.433. The summed E-state index contributed by atoms with van der Waals surface area (Å²) < 4.78 is 5.39. The van der Waals surface area contributed by atoms with E-state index in [1.165, 1.54) is 6.20 Å². The van der Waals surface area contributed by atoms with Gasteiger partial charge in [0.2, 0.25) is 0 Å². The van der Waals surface area contributed by atoms with Crippen LogP contribution in [0.25, 0.3) is 22.4 Å². The normalized spacial score (nSPS) is 10.9. The minimum atomic E-state index is -0.340. The van der Waals surface area contributed by atoms with E-state index in [-0.39, 0.29) is 17.7 Å². The highest BCUT2D eigenvalue weighted by atomic mass is 16.3. The molecule has 18 heavy (non-hydrogen) atoms. The van der Waals surface area contributed by atoms with E-state index in [1.807, 2.05) is 24.3 Å². The third-order valence-corrected chi connectivity index (χ3v) is 2.78. The molecule has 0 aliphatic heterocycles. The number of rotatable bonds is 2. The maximum atomic E-state index is 11.6. The Morgan fingerprint density at radius 3 is 2.94 bits per heavy atom. The molecule has 0 aliphatic rings. The van der Waals surface area contributed by atoms with Crippen LogP contribution in [0.1, 0.15) is 5.56 Å². The lowest BCUT2D eigenvalue weighted by Crippen LogP contribution is -2.14. The lowest BCUT2D eigenvalue weighted by molar-refractivity contribution is 0.279. The number of para-hydroxylation sites is 1. The highest BCUT2D eigenvalue weighted by Crippen LogP contribution is 2.27. The molecule has 0 radical (unpaired) electrons. The van der Waals surface area contributed by atoms with E-state index in [2.05, 4.69) is 9.97 Å². The van der Waals surface area contributed by atoms with Crippen molar-refractivity contribution in [1.82, 2.24) is 9.97 Å². The van der Waals surface area contributed by atoms with Crippen LogP contribution < -0.4 is 5.56 Å². The number of aromatic amines is 1. The van der Waals surface area contributed by atoms with E-state index in [0.29, 0.717) is 5.82 Å². The summed E-state index contributed by atoms with van der Waals surface area (Å²) in [4.78, 5) is 18.4. The van der Waals surface area contributed by atoms with Crippen LogP contribution in [0.5, 0.6) is 0 Å². The van der Waals surface area contributed by atoms with Gasteiger partial charge in [-0.15, -0.1) is 0 Å². The Morgan fingerprint density at radius 2 is 2.17 bits per heavy atom. The van der Waals surface area contributed by atoms with Crippen molar-refractivity contribution in [2.75, 3.05) is 0 Å². The minimum Gasteiger partial charge on any atom is -0.464 e. The van der Waals surface area contributed by atoms with Gasteiger partial charge in [-0.25, -0.2) is 4.98 Å². The van der Waals surface area contributed by atoms with Gasteiger partial charge in [0.05, 0.1) is 17.7 Å². The molecule has 0 unspecified atom stereocenters. The first-order valence-electron chi connectivity index (χ1n) is 5.45. The molecular weight excluding hydrogens is 232 g/mol. The third-order valence-electron chi connectivity index (χ3n) is 2.78. The predicted octanol–water partition coefficient (Wildman–Crippen LogP) is 1.68. The van der Waals surface area contributed by atoms with Crippen LogP contribution in [0.15, 0.2) is 45.9 Å². The Morgan fingerprint density at radius 1 is 1.33 bits per heavy atom. The van der Waals surface area contributed by atoms with Crippen molar-refractivity contribution in [1.29, 1.82) is 0 Å². The van der Waals surface area contributed by atoms with Crippen LogP contribution >= 0.6 is 0 Å². The van der Waals surface area contributed by atoms with Gasteiger partial charge in [-0.3, -0.25) is 4.79 Å². The molecule has 1 aromatic carbocycles. The molecular formula is C13H10N2O3. The molecule has 0 atom stereocenters. The molecule has 0 fully saturated rings. The molecule has 5 nitrogen and oxygen atoms in total. The monoisotopic (exact) mass is 242 g/mol. The average molecular weight is 242 g/mol. The van der Waals surface area contributed by atoms with Gasteiger partial charge >= 0.3 is 0 Å². The first kappa shape index (κ1) is 10.7. The number of fused-ring (bicyclic) bond motifs is 1. The van der Waals surface area contributed by atoms with Crippen molar-refractivity contribution in [3.63, 3.8) is 0 Å². The molecule has 5 heteroatoms. The SMILES string of the molecule is O=c1[nH]c(-c2coc3ccccc23)ncc1CO. The third kappa shape index (κ3) is 1.61. The molecule has 0 amide bonds. The summed E-state index contributed by atoms with van der Waals surface area (Å²) in [5.41, 5.74) is 1.37. The van der Waals surface area contributed by atoms with E-state index >= 15 is 0 Å². The molecule has 2 heterocycles. The van der Waals surface area contributed by atoms with E-state index < -0.39 is 0 Å². The fourth-order valence-electron chi connectivity index (χ4n) is 1.83. The van der Waals surface area contributed by atoms with Gasteiger partial charge < -0.3 is 14.5 Å². The van der Waals surface area contributed by atoms with E-state index in [0.717, 1.165) is 16.5 Å². The van der Waals surface area contributed by atoms with E-state index in [9.17, 15) is 4.79 Å². The van der Waals surface area contributed by atoms with Gasteiger partial charge in [0.1, 0.15) is 17.7 Å². The van der Waals surface area contributed by atoms with Crippen LogP contribution in [-0.4, -0.2) is 15.1 Å². The van der Waals surface area contributed by atoms with Gasteiger partial charge in [0.15, 0.2) is 0 Å². The molecule has 0 saturated heterocycles. The zero-order valence-corrected chi connectivity index (χ0v) is 9.38. The van der Waals surface area contributed by atoms with E-state index in [1.54, 1.807) is 6.26 Å². The van der Waals surface area contributed by atoms with Crippen LogP contribution in [0.3, 0.4) is 0 Å². The number of hydrogen-bond acceptors (Lipinski definition) is 4. The lowest BCUT2D eigenvalue weighted by atomic mass is 10.1. The van der Waals surface area contributed by atoms with Gasteiger partial charge in [-0.05, 0) is 6.07 Å². The number of hydrogen-bond donors (Lipinski definition) is 2. The summed E-state index contributed by atoms with van der Waals surface area (Å²) in [7, 11) is 0. The molecule has 2 N–H and O–H groups in total. The van der Waals surface area contributed by atoms with Crippen LogP contribution in [0.4, 0.5) is 0 Å². The first-order valence-corrected chi connectivity index (χ1v) is 5.45. The summed E-state index contributed by atoms with van der Waals surface area (Å²) in [6.45, 7) is -0.325. The number of nitrogens with zero attached hydrogens (tertiary/aromatic N) is 1. The van der Waals surface area contributed by atoms with Crippen molar-refractivity contribution in [3.05, 3.63) is 52.6 Å². The maximum Gasteiger partial charge on any atom is 0.256 e. The second kappa shape index (κ2) is 4.12. The van der Waals surface area contributed by atoms with Gasteiger partial charge in [0.25, 0.3) is 5.56 Å². The Hall–Kier alpha value is -2.40. The predicted molar refractivity (Wildman–Crippen MR) is 66.0 cm³/mol. The number of benzene rings is 1. The molecule has 0 spiro atoms. The molecule has 0 bridgehead atoms. The van der Waals surface area contributed by atoms with Crippen molar-refractivity contribution in [2.24, 2.45) is 0 Å². The average Bonchev–Trinajstić information content (AvgIpc) is 2.82. The van der Waals surface area contributed by atoms with Crippen LogP contribution in [-0.2, 0) is 6.61 Å². The van der Waals surface area contributed by atoms with Crippen molar-refractivity contribution in [3.8, 4) is 11.4 Å². The summed E-state index contributed by atoms with van der Waals surface area (Å²) in [6, 6.07) is 7.51. The molecule has 0 saturated carbocycles. The zero-order valence-electron chi connectivity index (χ0n) is 9.38. The van der Waals surface area contributed by atoms with Gasteiger partial charge in [-0.1, -0.05) is 18.2 Å². The van der Waals surface area contributed by atoms with Crippen molar-refractivity contribution in [2.45, 2.75) is 6.61 Å². The Balaban J connectivity index is 2.20. The van der Waals surface area contributed by atoms with Crippen molar-refractivity contribution >= 4 is 11.0 Å². The Kier molecular flexibility index (Phi) is 2.46. The Labute approximate surface area is 102 Å². The quantitative estimate of drug-likeness (QED) is 0.716. The molecule has 2 aromatic heterocycles. The highest BCUT2D eigenvalue weighted by Gasteiger charge is 2.10. The number of furan rings is 1. The minimum absolute atomic E-state index is 0.242.